The van der Waals surface area contributed by atoms with Crippen LogP contribution >= 0.6 is 0 Å². The average molecular weight is 442 g/mol. The Hall–Kier alpha value is -4.24. The number of fused-ring (bicyclic) bond motifs is 3. The summed E-state index contributed by atoms with van der Waals surface area (Å²) in [5.41, 5.74) is 10.7. The molecule has 0 saturated carbocycles. The fourth-order valence-corrected chi connectivity index (χ4v) is 4.77. The lowest BCUT2D eigenvalue weighted by Crippen LogP contribution is -2.30. The second kappa shape index (κ2) is 7.96. The van der Waals surface area contributed by atoms with Crippen molar-refractivity contribution < 1.29 is 8.98 Å². The van der Waals surface area contributed by atoms with Gasteiger partial charge in [-0.25, -0.2) is 4.57 Å². The van der Waals surface area contributed by atoms with Crippen molar-refractivity contribution in [2.45, 2.75) is 13.8 Å². The quantitative estimate of drug-likeness (QED) is 0.267. The minimum absolute atomic E-state index is 0.877. The molecule has 34 heavy (non-hydrogen) atoms. The van der Waals surface area contributed by atoms with Crippen molar-refractivity contribution in [2.24, 2.45) is 7.05 Å². The largest absolute Gasteiger partial charge is 0.455 e. The summed E-state index contributed by atoms with van der Waals surface area (Å²) in [7, 11) is 2.08. The number of hydrogen-bond donors (Lipinski definition) is 0. The summed E-state index contributed by atoms with van der Waals surface area (Å²) in [4.78, 5) is 4.87. The van der Waals surface area contributed by atoms with Gasteiger partial charge in [0.15, 0.2) is 6.20 Å². The SMILES string of the molecule is Cc1cnc(-c2c(-c3ccccc3-c3cccc[n+]3C)ccc3c2oc2ccccc23)cc1C. The number of benzene rings is 3. The smallest absolute Gasteiger partial charge is 0.212 e. The van der Waals surface area contributed by atoms with E-state index >= 15 is 0 Å². The van der Waals surface area contributed by atoms with Gasteiger partial charge in [0.2, 0.25) is 5.69 Å². The molecule has 3 aromatic carbocycles. The second-order valence-corrected chi connectivity index (χ2v) is 8.86. The maximum atomic E-state index is 6.49. The first kappa shape index (κ1) is 20.4. The van der Waals surface area contributed by atoms with E-state index in [-0.39, 0.29) is 0 Å². The molecule has 164 valence electrons. The molecule has 0 unspecified atom stereocenters. The number of aryl methyl sites for hydroxylation is 3. The van der Waals surface area contributed by atoms with E-state index in [4.69, 9.17) is 9.40 Å². The van der Waals surface area contributed by atoms with Crippen LogP contribution in [-0.2, 0) is 7.05 Å². The highest BCUT2D eigenvalue weighted by Gasteiger charge is 2.22. The van der Waals surface area contributed by atoms with Gasteiger partial charge in [0.25, 0.3) is 0 Å². The van der Waals surface area contributed by atoms with Crippen LogP contribution < -0.4 is 4.57 Å². The summed E-state index contributed by atoms with van der Waals surface area (Å²) in [6.07, 6.45) is 4.04. The van der Waals surface area contributed by atoms with Gasteiger partial charge in [-0.2, -0.15) is 0 Å². The van der Waals surface area contributed by atoms with E-state index < -0.39 is 0 Å². The van der Waals surface area contributed by atoms with Crippen LogP contribution in [0, 0.1) is 13.8 Å². The van der Waals surface area contributed by atoms with E-state index in [1.54, 1.807) is 0 Å². The predicted octanol–water partition coefficient (Wildman–Crippen LogP) is 7.42. The molecule has 3 aromatic heterocycles. The van der Waals surface area contributed by atoms with Gasteiger partial charge in [-0.15, -0.1) is 0 Å². The Kier molecular flexibility index (Phi) is 4.77. The highest BCUT2D eigenvalue weighted by Crippen LogP contribution is 2.43. The lowest BCUT2D eigenvalue weighted by Gasteiger charge is -2.14. The molecule has 0 amide bonds. The van der Waals surface area contributed by atoms with Crippen LogP contribution in [0.1, 0.15) is 11.1 Å². The molecule has 0 atom stereocenters. The molecule has 3 heteroatoms. The topological polar surface area (TPSA) is 29.9 Å². The van der Waals surface area contributed by atoms with E-state index in [0.29, 0.717) is 0 Å². The molecule has 0 bridgehead atoms. The Bertz CT molecular complexity index is 1690. The molecular formula is C31H25N2O+. The minimum atomic E-state index is 0.877. The predicted molar refractivity (Wildman–Crippen MR) is 138 cm³/mol. The third-order valence-corrected chi connectivity index (χ3v) is 6.72. The number of rotatable bonds is 3. The molecule has 6 aromatic rings. The third-order valence-electron chi connectivity index (χ3n) is 6.72. The molecule has 0 aliphatic heterocycles. The van der Waals surface area contributed by atoms with Crippen molar-refractivity contribution in [3.05, 3.63) is 108 Å². The number of aromatic nitrogens is 2. The summed E-state index contributed by atoms with van der Waals surface area (Å²) in [6, 6.07) is 29.7. The van der Waals surface area contributed by atoms with E-state index in [0.717, 1.165) is 50.0 Å². The summed E-state index contributed by atoms with van der Waals surface area (Å²) in [5, 5.41) is 2.23. The van der Waals surface area contributed by atoms with Gasteiger partial charge >= 0.3 is 0 Å². The Morgan fingerprint density at radius 3 is 2.29 bits per heavy atom. The van der Waals surface area contributed by atoms with Crippen molar-refractivity contribution in [3.8, 4) is 33.6 Å². The van der Waals surface area contributed by atoms with Crippen molar-refractivity contribution in [1.82, 2.24) is 4.98 Å². The number of pyridine rings is 2. The zero-order chi connectivity index (χ0) is 23.2. The number of nitrogens with zero attached hydrogens (tertiary/aromatic N) is 2. The molecule has 0 aliphatic carbocycles. The van der Waals surface area contributed by atoms with Crippen LogP contribution in [0.2, 0.25) is 0 Å². The van der Waals surface area contributed by atoms with Crippen LogP contribution in [0.15, 0.2) is 102 Å². The first-order chi connectivity index (χ1) is 16.6. The number of furan rings is 1. The molecule has 3 nitrogen and oxygen atoms in total. The van der Waals surface area contributed by atoms with Crippen LogP contribution in [0.3, 0.4) is 0 Å². The highest BCUT2D eigenvalue weighted by molar-refractivity contribution is 6.13. The first-order valence-corrected chi connectivity index (χ1v) is 11.5. The Labute approximate surface area is 199 Å². The summed E-state index contributed by atoms with van der Waals surface area (Å²) in [5.74, 6) is 0. The maximum Gasteiger partial charge on any atom is 0.212 e. The van der Waals surface area contributed by atoms with Gasteiger partial charge in [-0.3, -0.25) is 4.98 Å². The van der Waals surface area contributed by atoms with Gasteiger partial charge in [0.1, 0.15) is 18.2 Å². The lowest BCUT2D eigenvalue weighted by atomic mass is 9.90. The van der Waals surface area contributed by atoms with E-state index in [1.165, 1.54) is 16.7 Å². The fourth-order valence-electron chi connectivity index (χ4n) is 4.77. The molecule has 0 radical (unpaired) electrons. The Balaban J connectivity index is 1.73. The van der Waals surface area contributed by atoms with Gasteiger partial charge in [-0.05, 0) is 66.4 Å². The number of para-hydroxylation sites is 1. The maximum absolute atomic E-state index is 6.49. The summed E-state index contributed by atoms with van der Waals surface area (Å²) < 4.78 is 8.65. The van der Waals surface area contributed by atoms with Crippen molar-refractivity contribution >= 4 is 21.9 Å². The monoisotopic (exact) mass is 441 g/mol. The molecular weight excluding hydrogens is 416 g/mol. The standard InChI is InChI=1S/C31H25N2O/c1-20-18-27(32-19-21(20)2)30-25(15-16-26-24-12-6-7-14-29(24)34-31(26)30)22-10-4-5-11-23(22)28-13-8-9-17-33(28)3/h4-19H,1-3H3/q+1. The van der Waals surface area contributed by atoms with Crippen molar-refractivity contribution in [2.75, 3.05) is 0 Å². The summed E-state index contributed by atoms with van der Waals surface area (Å²) in [6.45, 7) is 4.23. The van der Waals surface area contributed by atoms with E-state index in [2.05, 4.69) is 104 Å². The molecule has 3 heterocycles. The first-order valence-electron chi connectivity index (χ1n) is 11.5. The molecule has 0 saturated heterocycles. The molecule has 0 aliphatic rings. The zero-order valence-corrected chi connectivity index (χ0v) is 19.5. The van der Waals surface area contributed by atoms with Crippen LogP contribution in [0.25, 0.3) is 55.6 Å². The lowest BCUT2D eigenvalue weighted by molar-refractivity contribution is -0.660. The molecule has 6 rings (SSSR count). The minimum Gasteiger partial charge on any atom is -0.455 e. The fraction of sp³-hybridized carbons (Fsp3) is 0.0968. The molecule has 0 spiro atoms. The molecule has 0 N–H and O–H groups in total. The van der Waals surface area contributed by atoms with Crippen LogP contribution in [0.5, 0.6) is 0 Å². The Morgan fingerprint density at radius 1 is 0.706 bits per heavy atom. The van der Waals surface area contributed by atoms with Gasteiger partial charge < -0.3 is 4.42 Å². The van der Waals surface area contributed by atoms with Crippen LogP contribution in [0.4, 0.5) is 0 Å². The van der Waals surface area contributed by atoms with E-state index in [9.17, 15) is 0 Å². The van der Waals surface area contributed by atoms with Gasteiger partial charge in [0.05, 0.1) is 16.8 Å². The van der Waals surface area contributed by atoms with Gasteiger partial charge in [0, 0.05) is 29.1 Å². The van der Waals surface area contributed by atoms with Crippen LogP contribution in [-0.4, -0.2) is 4.98 Å². The van der Waals surface area contributed by atoms with E-state index in [1.807, 2.05) is 18.3 Å². The third kappa shape index (κ3) is 3.20. The van der Waals surface area contributed by atoms with Crippen molar-refractivity contribution in [3.63, 3.8) is 0 Å². The normalized spacial score (nSPS) is 11.4. The summed E-state index contributed by atoms with van der Waals surface area (Å²) >= 11 is 0. The van der Waals surface area contributed by atoms with Crippen molar-refractivity contribution in [1.29, 1.82) is 0 Å². The zero-order valence-electron chi connectivity index (χ0n) is 19.5. The molecule has 0 fully saturated rings. The second-order valence-electron chi connectivity index (χ2n) is 8.86. The highest BCUT2D eigenvalue weighted by atomic mass is 16.3. The Morgan fingerprint density at radius 2 is 1.47 bits per heavy atom. The average Bonchev–Trinajstić information content (AvgIpc) is 3.24. The van der Waals surface area contributed by atoms with Gasteiger partial charge in [-0.1, -0.05) is 42.5 Å². The number of hydrogen-bond acceptors (Lipinski definition) is 2.